The molecule has 76 valence electrons. The maximum atomic E-state index is 11.5. The largest absolute Gasteiger partial charge is 0.460 e. The molecular formula is C7H11F2NO3. The number of alkyl halides is 2. The number of hydrogen-bond acceptors (Lipinski definition) is 3. The number of rotatable bonds is 7. The lowest BCUT2D eigenvalue weighted by Gasteiger charge is -2.02. The van der Waals surface area contributed by atoms with E-state index in [9.17, 15) is 18.4 Å². The fourth-order valence-electron chi connectivity index (χ4n) is 0.622. The van der Waals surface area contributed by atoms with Crippen molar-refractivity contribution in [1.29, 1.82) is 0 Å². The van der Waals surface area contributed by atoms with E-state index < -0.39 is 19.0 Å². The number of carbonyl (C=O) groups excluding carboxylic acids is 2. The molecule has 6 heteroatoms. The third-order valence-electron chi connectivity index (χ3n) is 1.16. The standard InChI is InChI=1S/C7H11F2NO3/c8-6(9)4-13-7(12)2-1-3-10-5-11/h5-6H,1-4H2,(H,10,11). The zero-order chi connectivity index (χ0) is 10.1. The first-order valence-electron chi connectivity index (χ1n) is 3.77. The van der Waals surface area contributed by atoms with Crippen molar-refractivity contribution >= 4 is 12.4 Å². The van der Waals surface area contributed by atoms with E-state index in [1.54, 1.807) is 0 Å². The van der Waals surface area contributed by atoms with Gasteiger partial charge in [-0.25, -0.2) is 8.78 Å². The Kier molecular flexibility index (Phi) is 6.76. The molecule has 13 heavy (non-hydrogen) atoms. The Balaban J connectivity index is 3.25. The van der Waals surface area contributed by atoms with Crippen molar-refractivity contribution in [2.45, 2.75) is 19.3 Å². The first-order valence-corrected chi connectivity index (χ1v) is 3.77. The number of ether oxygens (including phenoxy) is 1. The molecule has 0 aliphatic carbocycles. The summed E-state index contributed by atoms with van der Waals surface area (Å²) < 4.78 is 27.2. The maximum Gasteiger partial charge on any atom is 0.306 e. The van der Waals surface area contributed by atoms with Crippen LogP contribution in [0.5, 0.6) is 0 Å². The van der Waals surface area contributed by atoms with Crippen molar-refractivity contribution in [3.63, 3.8) is 0 Å². The lowest BCUT2D eigenvalue weighted by Crippen LogP contribution is -2.16. The molecule has 1 amide bonds. The van der Waals surface area contributed by atoms with Crippen molar-refractivity contribution in [2.75, 3.05) is 13.2 Å². The Morgan fingerprint density at radius 1 is 1.54 bits per heavy atom. The molecule has 0 rings (SSSR count). The average molecular weight is 195 g/mol. The minimum absolute atomic E-state index is 0.0353. The summed E-state index contributed by atoms with van der Waals surface area (Å²) in [6.07, 6.45) is -1.70. The predicted molar refractivity (Wildman–Crippen MR) is 40.3 cm³/mol. The van der Waals surface area contributed by atoms with Gasteiger partial charge in [-0.2, -0.15) is 0 Å². The highest BCUT2D eigenvalue weighted by atomic mass is 19.3. The van der Waals surface area contributed by atoms with Gasteiger partial charge in [-0.05, 0) is 6.42 Å². The Morgan fingerprint density at radius 2 is 2.23 bits per heavy atom. The predicted octanol–water partition coefficient (Wildman–Crippen LogP) is 0.321. The molecule has 0 saturated carbocycles. The van der Waals surface area contributed by atoms with E-state index >= 15 is 0 Å². The number of halogens is 2. The lowest BCUT2D eigenvalue weighted by atomic mass is 10.3. The smallest absolute Gasteiger partial charge is 0.306 e. The van der Waals surface area contributed by atoms with Gasteiger partial charge >= 0.3 is 5.97 Å². The number of nitrogens with one attached hydrogen (secondary N) is 1. The molecular weight excluding hydrogens is 184 g/mol. The van der Waals surface area contributed by atoms with E-state index in [1.807, 2.05) is 0 Å². The van der Waals surface area contributed by atoms with Crippen molar-refractivity contribution in [3.8, 4) is 0 Å². The van der Waals surface area contributed by atoms with E-state index in [4.69, 9.17) is 0 Å². The molecule has 0 aromatic heterocycles. The van der Waals surface area contributed by atoms with Gasteiger partial charge in [0.25, 0.3) is 6.43 Å². The van der Waals surface area contributed by atoms with Crippen molar-refractivity contribution in [2.24, 2.45) is 0 Å². The van der Waals surface area contributed by atoms with Crippen LogP contribution in [0.2, 0.25) is 0 Å². The van der Waals surface area contributed by atoms with Gasteiger partial charge in [0.15, 0.2) is 6.61 Å². The zero-order valence-electron chi connectivity index (χ0n) is 6.96. The van der Waals surface area contributed by atoms with Crippen LogP contribution in [0.15, 0.2) is 0 Å². The fourth-order valence-corrected chi connectivity index (χ4v) is 0.622. The van der Waals surface area contributed by atoms with Crippen LogP contribution in [0.25, 0.3) is 0 Å². The summed E-state index contributed by atoms with van der Waals surface area (Å²) in [6.45, 7) is -0.521. The first kappa shape index (κ1) is 11.8. The van der Waals surface area contributed by atoms with Crippen LogP contribution < -0.4 is 5.32 Å². The number of amides is 1. The van der Waals surface area contributed by atoms with Gasteiger partial charge in [0.2, 0.25) is 6.41 Å². The van der Waals surface area contributed by atoms with Gasteiger partial charge in [-0.1, -0.05) is 0 Å². The third kappa shape index (κ3) is 8.71. The summed E-state index contributed by atoms with van der Waals surface area (Å²) in [4.78, 5) is 20.4. The van der Waals surface area contributed by atoms with E-state index in [2.05, 4.69) is 10.1 Å². The summed E-state index contributed by atoms with van der Waals surface area (Å²) in [6, 6.07) is 0. The molecule has 0 heterocycles. The van der Waals surface area contributed by atoms with E-state index in [1.165, 1.54) is 0 Å². The average Bonchev–Trinajstić information content (AvgIpc) is 2.09. The molecule has 0 unspecified atom stereocenters. The minimum Gasteiger partial charge on any atom is -0.460 e. The topological polar surface area (TPSA) is 55.4 Å². The van der Waals surface area contributed by atoms with Gasteiger partial charge in [0.05, 0.1) is 0 Å². The van der Waals surface area contributed by atoms with Gasteiger partial charge in [0.1, 0.15) is 0 Å². The second-order valence-electron chi connectivity index (χ2n) is 2.25. The molecule has 0 fully saturated rings. The van der Waals surface area contributed by atoms with Crippen molar-refractivity contribution < 1.29 is 23.1 Å². The summed E-state index contributed by atoms with van der Waals surface area (Å²) in [5.41, 5.74) is 0. The minimum atomic E-state index is -2.63. The van der Waals surface area contributed by atoms with Crippen molar-refractivity contribution in [3.05, 3.63) is 0 Å². The highest BCUT2D eigenvalue weighted by Crippen LogP contribution is 1.96. The number of carbonyl (C=O) groups is 2. The molecule has 0 aromatic rings. The Morgan fingerprint density at radius 3 is 2.77 bits per heavy atom. The summed E-state index contributed by atoms with van der Waals surface area (Å²) in [5.74, 6) is -0.673. The third-order valence-corrected chi connectivity index (χ3v) is 1.16. The van der Waals surface area contributed by atoms with Gasteiger partial charge in [-0.15, -0.1) is 0 Å². The molecule has 0 radical (unpaired) electrons. The number of hydrogen-bond donors (Lipinski definition) is 1. The van der Waals surface area contributed by atoms with Crippen LogP contribution in [-0.2, 0) is 14.3 Å². The van der Waals surface area contributed by atoms with Gasteiger partial charge in [-0.3, -0.25) is 9.59 Å². The maximum absolute atomic E-state index is 11.5. The fraction of sp³-hybridized carbons (Fsp3) is 0.714. The molecule has 1 N–H and O–H groups in total. The van der Waals surface area contributed by atoms with Crippen molar-refractivity contribution in [1.82, 2.24) is 5.32 Å². The van der Waals surface area contributed by atoms with E-state index in [0.29, 0.717) is 19.4 Å². The molecule has 0 aliphatic heterocycles. The normalized spacial score (nSPS) is 9.77. The SMILES string of the molecule is O=CNCCCC(=O)OCC(F)F. The monoisotopic (exact) mass is 195 g/mol. The Bertz CT molecular complexity index is 164. The van der Waals surface area contributed by atoms with Crippen LogP contribution in [-0.4, -0.2) is 32.0 Å². The number of esters is 1. The van der Waals surface area contributed by atoms with Crippen LogP contribution >= 0.6 is 0 Å². The van der Waals surface area contributed by atoms with Gasteiger partial charge in [0, 0.05) is 13.0 Å². The van der Waals surface area contributed by atoms with Gasteiger partial charge < -0.3 is 10.1 Å². The highest BCUT2D eigenvalue weighted by molar-refractivity contribution is 5.69. The Hall–Kier alpha value is -1.20. The first-order chi connectivity index (χ1) is 6.16. The zero-order valence-corrected chi connectivity index (χ0v) is 6.96. The molecule has 0 atom stereocenters. The summed E-state index contributed by atoms with van der Waals surface area (Å²) in [5, 5.41) is 2.33. The molecule has 4 nitrogen and oxygen atoms in total. The van der Waals surface area contributed by atoms with E-state index in [0.717, 1.165) is 0 Å². The molecule has 0 spiro atoms. The molecule has 0 aromatic carbocycles. The Labute approximate surface area is 74.2 Å². The molecule has 0 saturated heterocycles. The van der Waals surface area contributed by atoms with Crippen LogP contribution in [0.1, 0.15) is 12.8 Å². The van der Waals surface area contributed by atoms with E-state index in [-0.39, 0.29) is 6.42 Å². The molecule has 0 aliphatic rings. The summed E-state index contributed by atoms with van der Waals surface area (Å²) >= 11 is 0. The van der Waals surface area contributed by atoms with Crippen LogP contribution in [0.4, 0.5) is 8.78 Å². The van der Waals surface area contributed by atoms with Crippen LogP contribution in [0, 0.1) is 0 Å². The lowest BCUT2D eigenvalue weighted by molar-refractivity contribution is -0.147. The van der Waals surface area contributed by atoms with Crippen LogP contribution in [0.3, 0.4) is 0 Å². The second kappa shape index (κ2) is 7.45. The second-order valence-corrected chi connectivity index (χ2v) is 2.25. The summed E-state index contributed by atoms with van der Waals surface area (Å²) in [7, 11) is 0. The highest BCUT2D eigenvalue weighted by Gasteiger charge is 2.07. The quantitative estimate of drug-likeness (QED) is 0.361. The molecule has 0 bridgehead atoms.